The van der Waals surface area contributed by atoms with E-state index in [4.69, 9.17) is 27.9 Å². The Hall–Kier alpha value is -2.19. The van der Waals surface area contributed by atoms with E-state index in [1.807, 2.05) is 11.0 Å². The van der Waals surface area contributed by atoms with E-state index < -0.39 is 6.04 Å². The standard InChI is InChI=1S/C32H42Cl2N4O3.ClH/c1-23-6-9-27(30(20-23)41-19-18-36-12-2-3-13-36)24-10-16-37(17-11-24)31(39)29(35-32(40)38-14-4-5-15-38)21-25-7-8-26(33)22-28(25)34;/h6-9,20,22,24,29H,2-5,10-19,21H2,1H3,(H,35,40);1H/t29-;/m1./s1. The molecule has 0 spiro atoms. The molecule has 3 aliphatic rings. The number of urea groups is 1. The monoisotopic (exact) mass is 636 g/mol. The van der Waals surface area contributed by atoms with E-state index in [-0.39, 0.29) is 24.3 Å². The van der Waals surface area contributed by atoms with E-state index in [2.05, 4.69) is 35.3 Å². The van der Waals surface area contributed by atoms with Gasteiger partial charge in [-0.3, -0.25) is 9.69 Å². The lowest BCUT2D eigenvalue weighted by atomic mass is 9.88. The van der Waals surface area contributed by atoms with Crippen LogP contribution in [0.2, 0.25) is 10.0 Å². The summed E-state index contributed by atoms with van der Waals surface area (Å²) in [5, 5.41) is 4.07. The fraction of sp³-hybridized carbons (Fsp3) is 0.562. The average Bonchev–Trinajstić information content (AvgIpc) is 3.69. The van der Waals surface area contributed by atoms with Gasteiger partial charge in [0.15, 0.2) is 0 Å². The highest BCUT2D eigenvalue weighted by molar-refractivity contribution is 6.35. The van der Waals surface area contributed by atoms with Crippen LogP contribution in [0.5, 0.6) is 5.75 Å². The maximum absolute atomic E-state index is 13.8. The van der Waals surface area contributed by atoms with Gasteiger partial charge in [0.1, 0.15) is 18.4 Å². The molecule has 10 heteroatoms. The number of carbonyl (C=O) groups is 2. The van der Waals surface area contributed by atoms with Crippen molar-refractivity contribution in [1.29, 1.82) is 0 Å². The second-order valence-corrected chi connectivity index (χ2v) is 12.5. The molecule has 5 rings (SSSR count). The normalized spacial score (nSPS) is 18.5. The van der Waals surface area contributed by atoms with Gasteiger partial charge < -0.3 is 19.9 Å². The van der Waals surface area contributed by atoms with Gasteiger partial charge in [0.25, 0.3) is 0 Å². The van der Waals surface area contributed by atoms with Gasteiger partial charge in [0.05, 0.1) is 0 Å². The Kier molecular flexibility index (Phi) is 12.1. The lowest BCUT2D eigenvalue weighted by molar-refractivity contribution is -0.134. The molecule has 0 bridgehead atoms. The van der Waals surface area contributed by atoms with E-state index in [1.165, 1.54) is 37.1 Å². The zero-order chi connectivity index (χ0) is 28.8. The minimum Gasteiger partial charge on any atom is -0.492 e. The number of nitrogens with zero attached hydrogens (tertiary/aromatic N) is 3. The summed E-state index contributed by atoms with van der Waals surface area (Å²) in [6, 6.07) is 10.9. The molecule has 3 heterocycles. The van der Waals surface area contributed by atoms with E-state index >= 15 is 0 Å². The summed E-state index contributed by atoms with van der Waals surface area (Å²) in [5.41, 5.74) is 3.22. The predicted molar refractivity (Wildman–Crippen MR) is 171 cm³/mol. The highest BCUT2D eigenvalue weighted by Crippen LogP contribution is 2.35. The second kappa shape index (κ2) is 15.5. The SMILES string of the molecule is Cc1ccc(C2CCN(C(=O)[C@@H](Cc3ccc(Cl)cc3Cl)NC(=O)N3CCCC3)CC2)c(OCCN2CCCC2)c1.Cl. The first-order valence-electron chi connectivity index (χ1n) is 15.1. The maximum Gasteiger partial charge on any atom is 0.318 e. The van der Waals surface area contributed by atoms with E-state index in [9.17, 15) is 9.59 Å². The Bertz CT molecular complexity index is 1210. The lowest BCUT2D eigenvalue weighted by Crippen LogP contribution is -2.54. The van der Waals surface area contributed by atoms with Crippen molar-refractivity contribution in [3.8, 4) is 5.75 Å². The third-order valence-electron chi connectivity index (χ3n) is 8.71. The van der Waals surface area contributed by atoms with E-state index in [0.717, 1.165) is 56.6 Å². The molecule has 0 unspecified atom stereocenters. The number of rotatable bonds is 9. The van der Waals surface area contributed by atoms with E-state index in [0.29, 0.717) is 42.1 Å². The fourth-order valence-electron chi connectivity index (χ4n) is 6.29. The molecule has 1 N–H and O–H groups in total. The average molecular weight is 638 g/mol. The molecule has 7 nitrogen and oxygen atoms in total. The second-order valence-electron chi connectivity index (χ2n) is 11.7. The van der Waals surface area contributed by atoms with Gasteiger partial charge in [-0.15, -0.1) is 12.4 Å². The van der Waals surface area contributed by atoms with Crippen molar-refractivity contribution in [2.45, 2.75) is 63.8 Å². The van der Waals surface area contributed by atoms with Crippen LogP contribution in [0.15, 0.2) is 36.4 Å². The molecule has 0 aliphatic carbocycles. The molecule has 230 valence electrons. The molecular weight excluding hydrogens is 595 g/mol. The minimum atomic E-state index is -0.692. The summed E-state index contributed by atoms with van der Waals surface area (Å²) >= 11 is 12.6. The molecule has 3 fully saturated rings. The number of piperidine rings is 1. The zero-order valence-electron chi connectivity index (χ0n) is 24.5. The highest BCUT2D eigenvalue weighted by atomic mass is 35.5. The van der Waals surface area contributed by atoms with Crippen LogP contribution in [0, 0.1) is 6.92 Å². The zero-order valence-corrected chi connectivity index (χ0v) is 26.8. The third kappa shape index (κ3) is 8.46. The maximum atomic E-state index is 13.8. The molecule has 42 heavy (non-hydrogen) atoms. The van der Waals surface area contributed by atoms with Gasteiger partial charge in [-0.2, -0.15) is 0 Å². The lowest BCUT2D eigenvalue weighted by Gasteiger charge is -2.35. The highest BCUT2D eigenvalue weighted by Gasteiger charge is 2.32. The first kappa shape index (κ1) is 32.7. The number of amides is 3. The molecule has 0 aromatic heterocycles. The molecule has 3 aliphatic heterocycles. The first-order chi connectivity index (χ1) is 19.9. The molecule has 1 atom stereocenters. The van der Waals surface area contributed by atoms with Crippen LogP contribution in [0.4, 0.5) is 4.79 Å². The van der Waals surface area contributed by atoms with Gasteiger partial charge >= 0.3 is 6.03 Å². The number of carbonyl (C=O) groups excluding carboxylic acids is 2. The first-order valence-corrected chi connectivity index (χ1v) is 15.9. The van der Waals surface area contributed by atoms with Crippen LogP contribution in [0.1, 0.15) is 61.1 Å². The van der Waals surface area contributed by atoms with Gasteiger partial charge in [-0.1, -0.05) is 41.4 Å². The van der Waals surface area contributed by atoms with Gasteiger partial charge in [0, 0.05) is 49.2 Å². The summed E-state index contributed by atoms with van der Waals surface area (Å²) < 4.78 is 6.33. The van der Waals surface area contributed by atoms with Crippen LogP contribution in [-0.2, 0) is 11.2 Å². The topological polar surface area (TPSA) is 65.1 Å². The van der Waals surface area contributed by atoms with Crippen LogP contribution < -0.4 is 10.1 Å². The number of aryl methyl sites for hydroxylation is 1. The van der Waals surface area contributed by atoms with Crippen LogP contribution in [-0.4, -0.2) is 85.1 Å². The summed E-state index contributed by atoms with van der Waals surface area (Å²) in [5.74, 6) is 1.24. The summed E-state index contributed by atoms with van der Waals surface area (Å²) in [6.07, 6.45) is 6.57. The number of nitrogens with one attached hydrogen (secondary N) is 1. The Labute approximate surface area is 266 Å². The number of hydrogen-bond acceptors (Lipinski definition) is 4. The van der Waals surface area contributed by atoms with E-state index in [1.54, 1.807) is 17.0 Å². The van der Waals surface area contributed by atoms with Crippen molar-refractivity contribution in [3.63, 3.8) is 0 Å². The number of halogens is 3. The largest absolute Gasteiger partial charge is 0.492 e. The molecule has 0 radical (unpaired) electrons. The smallest absolute Gasteiger partial charge is 0.318 e. The van der Waals surface area contributed by atoms with Crippen LogP contribution in [0.3, 0.4) is 0 Å². The Balaban J connectivity index is 0.00000405. The van der Waals surface area contributed by atoms with Crippen molar-refractivity contribution >= 4 is 47.5 Å². The molecule has 0 saturated carbocycles. The van der Waals surface area contributed by atoms with Gasteiger partial charge in [0.2, 0.25) is 5.91 Å². The van der Waals surface area contributed by atoms with Crippen molar-refractivity contribution in [2.75, 3.05) is 52.4 Å². The number of likely N-dealkylation sites (tertiary alicyclic amines) is 3. The molecule has 2 aromatic rings. The Morgan fingerprint density at radius 1 is 0.929 bits per heavy atom. The minimum absolute atomic E-state index is 0. The summed E-state index contributed by atoms with van der Waals surface area (Å²) in [6.45, 7) is 8.80. The predicted octanol–water partition coefficient (Wildman–Crippen LogP) is 6.32. The van der Waals surface area contributed by atoms with Gasteiger partial charge in [-0.25, -0.2) is 4.79 Å². The Morgan fingerprint density at radius 2 is 1.62 bits per heavy atom. The van der Waals surface area contributed by atoms with Crippen molar-refractivity contribution < 1.29 is 14.3 Å². The van der Waals surface area contributed by atoms with Crippen molar-refractivity contribution in [1.82, 2.24) is 20.0 Å². The molecular formula is C32H43Cl3N4O3. The van der Waals surface area contributed by atoms with Crippen molar-refractivity contribution in [2.24, 2.45) is 0 Å². The number of ether oxygens (including phenoxy) is 1. The van der Waals surface area contributed by atoms with Crippen LogP contribution >= 0.6 is 35.6 Å². The van der Waals surface area contributed by atoms with Crippen molar-refractivity contribution in [3.05, 3.63) is 63.1 Å². The Morgan fingerprint density at radius 3 is 2.31 bits per heavy atom. The molecule has 3 amide bonds. The third-order valence-corrected chi connectivity index (χ3v) is 9.29. The number of hydrogen-bond donors (Lipinski definition) is 1. The summed E-state index contributed by atoms with van der Waals surface area (Å²) in [7, 11) is 0. The quantitative estimate of drug-likeness (QED) is 0.350. The molecule has 3 saturated heterocycles. The summed E-state index contributed by atoms with van der Waals surface area (Å²) in [4.78, 5) is 33.0. The number of benzene rings is 2. The molecule has 2 aromatic carbocycles. The van der Waals surface area contributed by atoms with Crippen LogP contribution in [0.25, 0.3) is 0 Å². The fourth-order valence-corrected chi connectivity index (χ4v) is 6.78. The van der Waals surface area contributed by atoms with Gasteiger partial charge in [-0.05, 0) is 99.3 Å².